The maximum Gasteiger partial charge on any atom is 0.417 e. The maximum absolute atomic E-state index is 12.3. The molecule has 0 aliphatic heterocycles. The summed E-state index contributed by atoms with van der Waals surface area (Å²) in [5.41, 5.74) is -0.223. The molecule has 1 aromatic heterocycles. The number of hydrogen-bond acceptors (Lipinski definition) is 1. The summed E-state index contributed by atoms with van der Waals surface area (Å²) >= 11 is 0. The Morgan fingerprint density at radius 1 is 1.33 bits per heavy atom. The van der Waals surface area contributed by atoms with E-state index in [4.69, 9.17) is 0 Å². The van der Waals surface area contributed by atoms with Gasteiger partial charge >= 0.3 is 6.18 Å². The normalized spacial score (nSPS) is 12.3. The lowest BCUT2D eigenvalue weighted by molar-refractivity contribution is -0.137. The molecule has 0 atom stereocenters. The quantitative estimate of drug-likeness (QED) is 0.744. The van der Waals surface area contributed by atoms with Gasteiger partial charge in [-0.25, -0.2) is 0 Å². The van der Waals surface area contributed by atoms with E-state index in [1.54, 1.807) is 6.08 Å². The first-order chi connectivity index (χ1) is 7.04. The summed E-state index contributed by atoms with van der Waals surface area (Å²) in [5, 5.41) is 0. The molecule has 0 spiro atoms. The number of nitrogens with zero attached hydrogens (tertiary/aromatic N) is 1. The number of alkyl halides is 3. The van der Waals surface area contributed by atoms with Crippen LogP contribution in [0.4, 0.5) is 13.2 Å². The Bertz CT molecular complexity index is 342. The van der Waals surface area contributed by atoms with E-state index >= 15 is 0 Å². The van der Waals surface area contributed by atoms with Gasteiger partial charge in [0.05, 0.1) is 5.56 Å². The molecule has 0 fully saturated rings. The minimum atomic E-state index is -4.32. The Kier molecular flexibility index (Phi) is 3.88. The SMILES string of the molecule is CCCC=Cc1cncc(C(F)(F)F)c1. The maximum atomic E-state index is 12.3. The number of hydrogen-bond donors (Lipinski definition) is 0. The molecule has 4 heteroatoms. The number of halogens is 3. The highest BCUT2D eigenvalue weighted by Crippen LogP contribution is 2.29. The zero-order valence-electron chi connectivity index (χ0n) is 8.38. The predicted octanol–water partition coefficient (Wildman–Crippen LogP) is 3.91. The van der Waals surface area contributed by atoms with Gasteiger partial charge in [0.25, 0.3) is 0 Å². The minimum absolute atomic E-state index is 0.485. The molecular weight excluding hydrogens is 203 g/mol. The topological polar surface area (TPSA) is 12.9 Å². The van der Waals surface area contributed by atoms with Crippen LogP contribution in [0.3, 0.4) is 0 Å². The van der Waals surface area contributed by atoms with Crippen molar-refractivity contribution < 1.29 is 13.2 Å². The molecule has 0 aliphatic carbocycles. The lowest BCUT2D eigenvalue weighted by atomic mass is 10.2. The van der Waals surface area contributed by atoms with Crippen molar-refractivity contribution in [1.29, 1.82) is 0 Å². The van der Waals surface area contributed by atoms with Crippen molar-refractivity contribution in [3.63, 3.8) is 0 Å². The van der Waals surface area contributed by atoms with Crippen molar-refractivity contribution in [2.45, 2.75) is 25.9 Å². The molecule has 0 aliphatic rings. The number of allylic oxidation sites excluding steroid dienone is 1. The van der Waals surface area contributed by atoms with Crippen molar-refractivity contribution >= 4 is 6.08 Å². The van der Waals surface area contributed by atoms with Gasteiger partial charge in [-0.1, -0.05) is 25.5 Å². The van der Waals surface area contributed by atoms with Crippen LogP contribution in [0.25, 0.3) is 6.08 Å². The molecule has 0 bridgehead atoms. The van der Waals surface area contributed by atoms with Crippen molar-refractivity contribution in [3.8, 4) is 0 Å². The molecule has 1 rings (SSSR count). The monoisotopic (exact) mass is 215 g/mol. The Hall–Kier alpha value is -1.32. The number of unbranched alkanes of at least 4 members (excludes halogenated alkanes) is 1. The fraction of sp³-hybridized carbons (Fsp3) is 0.364. The van der Waals surface area contributed by atoms with Crippen LogP contribution in [0.5, 0.6) is 0 Å². The van der Waals surface area contributed by atoms with E-state index in [1.165, 1.54) is 6.20 Å². The second-order valence-electron chi connectivity index (χ2n) is 3.20. The van der Waals surface area contributed by atoms with E-state index in [2.05, 4.69) is 4.98 Å². The predicted molar refractivity (Wildman–Crippen MR) is 53.2 cm³/mol. The summed E-state index contributed by atoms with van der Waals surface area (Å²) in [5.74, 6) is 0. The van der Waals surface area contributed by atoms with E-state index < -0.39 is 11.7 Å². The van der Waals surface area contributed by atoms with E-state index in [1.807, 2.05) is 13.0 Å². The average molecular weight is 215 g/mol. The van der Waals surface area contributed by atoms with E-state index in [0.717, 1.165) is 25.1 Å². The number of aromatic nitrogens is 1. The van der Waals surface area contributed by atoms with Gasteiger partial charge in [-0.05, 0) is 18.1 Å². The van der Waals surface area contributed by atoms with Crippen molar-refractivity contribution in [3.05, 3.63) is 35.7 Å². The van der Waals surface area contributed by atoms with Gasteiger partial charge in [0.1, 0.15) is 0 Å². The molecule has 0 saturated heterocycles. The molecule has 15 heavy (non-hydrogen) atoms. The van der Waals surface area contributed by atoms with Gasteiger partial charge < -0.3 is 0 Å². The number of rotatable bonds is 3. The second-order valence-corrected chi connectivity index (χ2v) is 3.20. The second kappa shape index (κ2) is 4.96. The van der Waals surface area contributed by atoms with E-state index in [9.17, 15) is 13.2 Å². The number of pyridine rings is 1. The van der Waals surface area contributed by atoms with Crippen LogP contribution >= 0.6 is 0 Å². The van der Waals surface area contributed by atoms with Gasteiger partial charge in [0, 0.05) is 12.4 Å². The standard InChI is InChI=1S/C11H12F3N/c1-2-3-4-5-9-6-10(8-15-7-9)11(12,13)14/h4-8H,2-3H2,1H3. The van der Waals surface area contributed by atoms with E-state index in [-0.39, 0.29) is 0 Å². The third kappa shape index (κ3) is 3.73. The zero-order valence-corrected chi connectivity index (χ0v) is 8.38. The lowest BCUT2D eigenvalue weighted by Gasteiger charge is -2.05. The summed E-state index contributed by atoms with van der Waals surface area (Å²) in [6, 6.07) is 1.10. The first-order valence-corrected chi connectivity index (χ1v) is 4.73. The van der Waals surface area contributed by atoms with Gasteiger partial charge in [-0.2, -0.15) is 13.2 Å². The minimum Gasteiger partial charge on any atom is -0.263 e. The zero-order chi connectivity index (χ0) is 11.3. The van der Waals surface area contributed by atoms with Gasteiger partial charge in [0.15, 0.2) is 0 Å². The molecule has 1 aromatic rings. The lowest BCUT2D eigenvalue weighted by Crippen LogP contribution is -2.05. The molecule has 0 saturated carbocycles. The first-order valence-electron chi connectivity index (χ1n) is 4.73. The van der Waals surface area contributed by atoms with Crippen LogP contribution in [0.15, 0.2) is 24.5 Å². The highest BCUT2D eigenvalue weighted by Gasteiger charge is 2.30. The molecule has 1 heterocycles. The molecule has 0 N–H and O–H groups in total. The first kappa shape index (κ1) is 11.8. The molecule has 0 aromatic carbocycles. The summed E-state index contributed by atoms with van der Waals surface area (Å²) in [4.78, 5) is 3.56. The Balaban J connectivity index is 2.84. The summed E-state index contributed by atoms with van der Waals surface area (Å²) in [6.45, 7) is 2.01. The third-order valence-electron chi connectivity index (χ3n) is 1.85. The van der Waals surface area contributed by atoms with Crippen LogP contribution < -0.4 is 0 Å². The van der Waals surface area contributed by atoms with Crippen LogP contribution in [0.2, 0.25) is 0 Å². The van der Waals surface area contributed by atoms with Gasteiger partial charge in [0.2, 0.25) is 0 Å². The van der Waals surface area contributed by atoms with Gasteiger partial charge in [-0.3, -0.25) is 4.98 Å². The molecule has 0 radical (unpaired) electrons. The Labute approximate surface area is 86.6 Å². The molecule has 0 unspecified atom stereocenters. The average Bonchev–Trinajstić information content (AvgIpc) is 2.17. The van der Waals surface area contributed by atoms with Crippen LogP contribution in [0.1, 0.15) is 30.9 Å². The largest absolute Gasteiger partial charge is 0.417 e. The van der Waals surface area contributed by atoms with Gasteiger partial charge in [-0.15, -0.1) is 0 Å². The highest BCUT2D eigenvalue weighted by molar-refractivity contribution is 5.48. The van der Waals surface area contributed by atoms with E-state index in [0.29, 0.717) is 5.56 Å². The molecule has 0 amide bonds. The third-order valence-corrected chi connectivity index (χ3v) is 1.85. The molecular formula is C11H12F3N. The van der Waals surface area contributed by atoms with Crippen LogP contribution in [-0.2, 0) is 6.18 Å². The summed E-state index contributed by atoms with van der Waals surface area (Å²) in [6.07, 6.45) is 3.27. The molecule has 82 valence electrons. The fourth-order valence-corrected chi connectivity index (χ4v) is 1.09. The van der Waals surface area contributed by atoms with Crippen molar-refractivity contribution in [1.82, 2.24) is 4.98 Å². The Morgan fingerprint density at radius 3 is 2.67 bits per heavy atom. The summed E-state index contributed by atoms with van der Waals surface area (Å²) < 4.78 is 36.9. The molecule has 1 nitrogen and oxygen atoms in total. The summed E-state index contributed by atoms with van der Waals surface area (Å²) in [7, 11) is 0. The van der Waals surface area contributed by atoms with Crippen molar-refractivity contribution in [2.24, 2.45) is 0 Å². The van der Waals surface area contributed by atoms with Crippen LogP contribution in [-0.4, -0.2) is 4.98 Å². The smallest absolute Gasteiger partial charge is 0.263 e. The Morgan fingerprint density at radius 2 is 2.07 bits per heavy atom. The van der Waals surface area contributed by atoms with Crippen LogP contribution in [0, 0.1) is 0 Å². The van der Waals surface area contributed by atoms with Crippen molar-refractivity contribution in [2.75, 3.05) is 0 Å². The fourth-order valence-electron chi connectivity index (χ4n) is 1.09. The highest BCUT2D eigenvalue weighted by atomic mass is 19.4.